The lowest BCUT2D eigenvalue weighted by Gasteiger charge is -2.16. The highest BCUT2D eigenvalue weighted by Gasteiger charge is 2.17. The predicted molar refractivity (Wildman–Crippen MR) is 58.6 cm³/mol. The third-order valence-corrected chi connectivity index (χ3v) is 3.04. The SMILES string of the molecule is CN(CCO)Cc1n[nH]c2c1CCCC2. The molecule has 0 radical (unpaired) electrons. The van der Waals surface area contributed by atoms with Gasteiger partial charge in [0.05, 0.1) is 12.3 Å². The standard InChI is InChI=1S/C11H19N3O/c1-14(6-7-15)8-11-9-4-2-3-5-10(9)12-13-11/h15H,2-8H2,1H3,(H,12,13). The summed E-state index contributed by atoms with van der Waals surface area (Å²) in [7, 11) is 2.01. The van der Waals surface area contributed by atoms with E-state index in [0.717, 1.165) is 19.4 Å². The molecule has 4 heteroatoms. The van der Waals surface area contributed by atoms with Gasteiger partial charge in [0, 0.05) is 18.8 Å². The van der Waals surface area contributed by atoms with E-state index in [1.54, 1.807) is 0 Å². The van der Waals surface area contributed by atoms with Gasteiger partial charge in [-0.15, -0.1) is 0 Å². The second-order valence-corrected chi connectivity index (χ2v) is 4.30. The minimum Gasteiger partial charge on any atom is -0.395 e. The number of aromatic nitrogens is 2. The quantitative estimate of drug-likeness (QED) is 0.768. The Labute approximate surface area is 90.3 Å². The fourth-order valence-electron chi connectivity index (χ4n) is 2.19. The van der Waals surface area contributed by atoms with Crippen LogP contribution in [0.25, 0.3) is 0 Å². The zero-order valence-electron chi connectivity index (χ0n) is 9.29. The van der Waals surface area contributed by atoms with Crippen molar-refractivity contribution in [2.45, 2.75) is 32.2 Å². The molecule has 0 bridgehead atoms. The van der Waals surface area contributed by atoms with Crippen molar-refractivity contribution in [1.82, 2.24) is 15.1 Å². The van der Waals surface area contributed by atoms with Crippen LogP contribution >= 0.6 is 0 Å². The molecule has 2 rings (SSSR count). The van der Waals surface area contributed by atoms with Gasteiger partial charge in [0.15, 0.2) is 0 Å². The summed E-state index contributed by atoms with van der Waals surface area (Å²) < 4.78 is 0. The van der Waals surface area contributed by atoms with Crippen LogP contribution in [0.5, 0.6) is 0 Å². The van der Waals surface area contributed by atoms with Crippen molar-refractivity contribution in [2.24, 2.45) is 0 Å². The van der Waals surface area contributed by atoms with E-state index in [4.69, 9.17) is 5.11 Å². The van der Waals surface area contributed by atoms with Crippen molar-refractivity contribution < 1.29 is 5.11 Å². The summed E-state index contributed by atoms with van der Waals surface area (Å²) in [4.78, 5) is 2.10. The van der Waals surface area contributed by atoms with E-state index in [1.807, 2.05) is 7.05 Å². The molecular formula is C11H19N3O. The Bertz CT molecular complexity index is 322. The van der Waals surface area contributed by atoms with Gasteiger partial charge in [-0.1, -0.05) is 0 Å². The molecule has 1 aliphatic carbocycles. The Hall–Kier alpha value is -0.870. The maximum atomic E-state index is 8.83. The van der Waals surface area contributed by atoms with Crippen LogP contribution in [0.3, 0.4) is 0 Å². The van der Waals surface area contributed by atoms with Gasteiger partial charge >= 0.3 is 0 Å². The summed E-state index contributed by atoms with van der Waals surface area (Å²) in [5.41, 5.74) is 3.92. The number of rotatable bonds is 4. The Kier molecular flexibility index (Phi) is 3.38. The molecule has 0 aliphatic heterocycles. The average molecular weight is 209 g/mol. The molecule has 84 valence electrons. The molecule has 0 amide bonds. The van der Waals surface area contributed by atoms with Gasteiger partial charge in [-0.25, -0.2) is 0 Å². The lowest BCUT2D eigenvalue weighted by Crippen LogP contribution is -2.22. The topological polar surface area (TPSA) is 52.1 Å². The fraction of sp³-hybridized carbons (Fsp3) is 0.727. The number of H-pyrrole nitrogens is 1. The third-order valence-electron chi connectivity index (χ3n) is 3.04. The third kappa shape index (κ3) is 2.38. The molecule has 1 aromatic rings. The van der Waals surface area contributed by atoms with E-state index >= 15 is 0 Å². The van der Waals surface area contributed by atoms with Crippen molar-refractivity contribution in [3.63, 3.8) is 0 Å². The number of nitrogens with zero attached hydrogens (tertiary/aromatic N) is 2. The molecule has 1 aromatic heterocycles. The van der Waals surface area contributed by atoms with Crippen LogP contribution in [0.4, 0.5) is 0 Å². The first-order valence-corrected chi connectivity index (χ1v) is 5.65. The van der Waals surface area contributed by atoms with Crippen LogP contribution in [0.2, 0.25) is 0 Å². The van der Waals surface area contributed by atoms with Crippen LogP contribution < -0.4 is 0 Å². The largest absolute Gasteiger partial charge is 0.395 e. The second-order valence-electron chi connectivity index (χ2n) is 4.30. The van der Waals surface area contributed by atoms with Gasteiger partial charge in [0.25, 0.3) is 0 Å². The van der Waals surface area contributed by atoms with Crippen molar-refractivity contribution in [3.8, 4) is 0 Å². The van der Waals surface area contributed by atoms with Gasteiger partial charge in [0.1, 0.15) is 0 Å². The predicted octanol–water partition coefficient (Wildman–Crippen LogP) is 0.713. The molecule has 0 saturated heterocycles. The molecule has 0 saturated carbocycles. The highest BCUT2D eigenvalue weighted by molar-refractivity contribution is 5.27. The van der Waals surface area contributed by atoms with Crippen LogP contribution in [-0.2, 0) is 19.4 Å². The first-order chi connectivity index (χ1) is 7.31. The smallest absolute Gasteiger partial charge is 0.0796 e. The monoisotopic (exact) mass is 209 g/mol. The van der Waals surface area contributed by atoms with Gasteiger partial charge in [-0.05, 0) is 38.3 Å². The lowest BCUT2D eigenvalue weighted by atomic mass is 9.96. The van der Waals surface area contributed by atoms with Crippen LogP contribution in [0.15, 0.2) is 0 Å². The summed E-state index contributed by atoms with van der Waals surface area (Å²) in [5, 5.41) is 16.3. The minimum atomic E-state index is 0.211. The summed E-state index contributed by atoms with van der Waals surface area (Å²) >= 11 is 0. The summed E-state index contributed by atoms with van der Waals surface area (Å²) in [6.07, 6.45) is 4.87. The normalized spacial score (nSPS) is 15.7. The van der Waals surface area contributed by atoms with Crippen molar-refractivity contribution >= 4 is 0 Å². The Morgan fingerprint density at radius 3 is 3.00 bits per heavy atom. The molecule has 1 heterocycles. The van der Waals surface area contributed by atoms with Crippen molar-refractivity contribution in [3.05, 3.63) is 17.0 Å². The number of aryl methyl sites for hydroxylation is 1. The number of hydrogen-bond donors (Lipinski definition) is 2. The molecule has 15 heavy (non-hydrogen) atoms. The maximum absolute atomic E-state index is 8.83. The van der Waals surface area contributed by atoms with E-state index in [9.17, 15) is 0 Å². The number of aliphatic hydroxyl groups excluding tert-OH is 1. The van der Waals surface area contributed by atoms with Crippen LogP contribution in [0, 0.1) is 0 Å². The Balaban J connectivity index is 2.05. The second kappa shape index (κ2) is 4.77. The zero-order valence-corrected chi connectivity index (χ0v) is 9.29. The van der Waals surface area contributed by atoms with Crippen molar-refractivity contribution in [1.29, 1.82) is 0 Å². The van der Waals surface area contributed by atoms with Crippen molar-refractivity contribution in [2.75, 3.05) is 20.2 Å². The molecular weight excluding hydrogens is 190 g/mol. The molecule has 2 N–H and O–H groups in total. The summed E-state index contributed by atoms with van der Waals surface area (Å²) in [5.74, 6) is 0. The lowest BCUT2D eigenvalue weighted by molar-refractivity contribution is 0.215. The van der Waals surface area contributed by atoms with Crippen LogP contribution in [0.1, 0.15) is 29.8 Å². The van der Waals surface area contributed by atoms with Gasteiger partial charge < -0.3 is 5.11 Å². The molecule has 0 aromatic carbocycles. The first kappa shape index (κ1) is 10.6. The first-order valence-electron chi connectivity index (χ1n) is 5.65. The minimum absolute atomic E-state index is 0.211. The summed E-state index contributed by atoms with van der Waals surface area (Å²) in [6.45, 7) is 1.76. The number of aliphatic hydroxyl groups is 1. The molecule has 0 unspecified atom stereocenters. The molecule has 4 nitrogen and oxygen atoms in total. The Morgan fingerprint density at radius 1 is 1.40 bits per heavy atom. The number of nitrogens with one attached hydrogen (secondary N) is 1. The molecule has 0 fully saturated rings. The fourth-order valence-corrected chi connectivity index (χ4v) is 2.19. The van der Waals surface area contributed by atoms with Gasteiger partial charge in [0.2, 0.25) is 0 Å². The Morgan fingerprint density at radius 2 is 2.20 bits per heavy atom. The van der Waals surface area contributed by atoms with Gasteiger partial charge in [-0.3, -0.25) is 10.00 Å². The summed E-state index contributed by atoms with van der Waals surface area (Å²) in [6, 6.07) is 0. The van der Waals surface area contributed by atoms with E-state index < -0.39 is 0 Å². The average Bonchev–Trinajstić information content (AvgIpc) is 2.62. The van der Waals surface area contributed by atoms with Gasteiger partial charge in [-0.2, -0.15) is 5.10 Å². The van der Waals surface area contributed by atoms with Crippen LogP contribution in [-0.4, -0.2) is 40.4 Å². The van der Waals surface area contributed by atoms with E-state index in [-0.39, 0.29) is 6.61 Å². The molecule has 1 aliphatic rings. The highest BCUT2D eigenvalue weighted by atomic mass is 16.3. The number of hydrogen-bond acceptors (Lipinski definition) is 3. The highest BCUT2D eigenvalue weighted by Crippen LogP contribution is 2.22. The number of likely N-dealkylation sites (N-methyl/N-ethyl adjacent to an activating group) is 1. The zero-order chi connectivity index (χ0) is 10.7. The maximum Gasteiger partial charge on any atom is 0.0796 e. The van der Waals surface area contributed by atoms with E-state index in [1.165, 1.54) is 29.8 Å². The molecule has 0 atom stereocenters. The van der Waals surface area contributed by atoms with E-state index in [2.05, 4.69) is 15.1 Å². The molecule has 0 spiro atoms. The number of aromatic amines is 1. The van der Waals surface area contributed by atoms with E-state index in [0.29, 0.717) is 6.54 Å². The number of fused-ring (bicyclic) bond motifs is 1.